The van der Waals surface area contributed by atoms with Gasteiger partial charge in [0.15, 0.2) is 0 Å². The van der Waals surface area contributed by atoms with Crippen LogP contribution in [0.15, 0.2) is 12.2 Å². The number of nitrogens with zero attached hydrogens (tertiary/aromatic N) is 1. The molecule has 2 aliphatic rings. The fraction of sp³-hybridized carbons (Fsp3) is 0.818. The van der Waals surface area contributed by atoms with E-state index in [1.165, 1.54) is 38.8 Å². The fourth-order valence-corrected chi connectivity index (χ4v) is 2.44. The number of piperidine rings is 1. The summed E-state index contributed by atoms with van der Waals surface area (Å²) in [7, 11) is 0. The highest BCUT2D eigenvalue weighted by Gasteiger charge is 2.20. The summed E-state index contributed by atoms with van der Waals surface area (Å²) in [6, 6.07) is 0.433. The van der Waals surface area contributed by atoms with Crippen LogP contribution in [0.5, 0.6) is 0 Å². The van der Waals surface area contributed by atoms with Crippen LogP contribution in [0, 0.1) is 5.92 Å². The van der Waals surface area contributed by atoms with Crippen molar-refractivity contribution in [2.24, 2.45) is 11.7 Å². The van der Waals surface area contributed by atoms with Crippen molar-refractivity contribution in [1.82, 2.24) is 4.90 Å². The van der Waals surface area contributed by atoms with Gasteiger partial charge in [0, 0.05) is 19.1 Å². The molecule has 1 unspecified atom stereocenters. The summed E-state index contributed by atoms with van der Waals surface area (Å²) in [5.74, 6) is 0.880. The van der Waals surface area contributed by atoms with E-state index in [4.69, 9.17) is 5.73 Å². The molecule has 0 saturated carbocycles. The first kappa shape index (κ1) is 9.22. The van der Waals surface area contributed by atoms with Gasteiger partial charge in [-0.25, -0.2) is 0 Å². The Kier molecular flexibility index (Phi) is 3.01. The largest absolute Gasteiger partial charge is 0.327 e. The Morgan fingerprint density at radius 2 is 2.08 bits per heavy atom. The molecule has 1 fully saturated rings. The first-order chi connectivity index (χ1) is 6.34. The molecule has 1 heterocycles. The Bertz CT molecular complexity index is 181. The number of hydrogen-bond donors (Lipinski definition) is 1. The monoisotopic (exact) mass is 180 g/mol. The van der Waals surface area contributed by atoms with Gasteiger partial charge in [-0.3, -0.25) is 0 Å². The summed E-state index contributed by atoms with van der Waals surface area (Å²) in [6.07, 6.45) is 9.71. The first-order valence-corrected chi connectivity index (χ1v) is 5.47. The van der Waals surface area contributed by atoms with Gasteiger partial charge in [0.05, 0.1) is 0 Å². The molecule has 0 amide bonds. The summed E-state index contributed by atoms with van der Waals surface area (Å²) in [6.45, 7) is 3.65. The molecule has 2 heteroatoms. The van der Waals surface area contributed by atoms with Crippen LogP contribution in [0.4, 0.5) is 0 Å². The van der Waals surface area contributed by atoms with Crippen LogP contribution in [0.1, 0.15) is 25.7 Å². The maximum absolute atomic E-state index is 5.94. The van der Waals surface area contributed by atoms with Crippen molar-refractivity contribution in [3.63, 3.8) is 0 Å². The maximum Gasteiger partial charge on any atom is 0.0168 e. The molecule has 2 N–H and O–H groups in total. The second-order valence-corrected chi connectivity index (χ2v) is 4.47. The van der Waals surface area contributed by atoms with Crippen LogP contribution < -0.4 is 5.73 Å². The second kappa shape index (κ2) is 4.25. The number of rotatable bonds is 2. The first-order valence-electron chi connectivity index (χ1n) is 5.47. The number of allylic oxidation sites excluding steroid dienone is 2. The average molecular weight is 180 g/mol. The average Bonchev–Trinajstić information content (AvgIpc) is 2.57. The smallest absolute Gasteiger partial charge is 0.0168 e. The van der Waals surface area contributed by atoms with Gasteiger partial charge in [0.2, 0.25) is 0 Å². The minimum Gasteiger partial charge on any atom is -0.327 e. The van der Waals surface area contributed by atoms with Crippen molar-refractivity contribution in [3.05, 3.63) is 12.2 Å². The SMILES string of the molecule is NC1CCCN(CC2CC=CC2)C1. The van der Waals surface area contributed by atoms with E-state index in [0.29, 0.717) is 6.04 Å². The van der Waals surface area contributed by atoms with Crippen molar-refractivity contribution in [2.75, 3.05) is 19.6 Å². The van der Waals surface area contributed by atoms with E-state index in [0.717, 1.165) is 12.5 Å². The highest BCUT2D eigenvalue weighted by atomic mass is 15.1. The van der Waals surface area contributed by atoms with Gasteiger partial charge in [-0.05, 0) is 38.1 Å². The summed E-state index contributed by atoms with van der Waals surface area (Å²) in [4.78, 5) is 2.55. The lowest BCUT2D eigenvalue weighted by molar-refractivity contribution is 0.182. The molecule has 13 heavy (non-hydrogen) atoms. The lowest BCUT2D eigenvalue weighted by atomic mass is 10.0. The zero-order valence-electron chi connectivity index (χ0n) is 8.28. The Hall–Kier alpha value is -0.340. The minimum absolute atomic E-state index is 0.433. The third-order valence-corrected chi connectivity index (χ3v) is 3.16. The molecule has 1 aliphatic heterocycles. The van der Waals surface area contributed by atoms with Gasteiger partial charge in [-0.1, -0.05) is 12.2 Å². The highest BCUT2D eigenvalue weighted by molar-refractivity contribution is 4.95. The molecule has 0 bridgehead atoms. The molecule has 1 atom stereocenters. The van der Waals surface area contributed by atoms with Gasteiger partial charge in [0.1, 0.15) is 0 Å². The zero-order chi connectivity index (χ0) is 9.10. The van der Waals surface area contributed by atoms with E-state index in [1.54, 1.807) is 0 Å². The van der Waals surface area contributed by atoms with Crippen LogP contribution in [0.2, 0.25) is 0 Å². The van der Waals surface area contributed by atoms with Crippen molar-refractivity contribution < 1.29 is 0 Å². The van der Waals surface area contributed by atoms with E-state index >= 15 is 0 Å². The predicted molar refractivity (Wildman–Crippen MR) is 55.5 cm³/mol. The lowest BCUT2D eigenvalue weighted by Crippen LogP contribution is -2.44. The zero-order valence-corrected chi connectivity index (χ0v) is 8.28. The van der Waals surface area contributed by atoms with Crippen molar-refractivity contribution >= 4 is 0 Å². The van der Waals surface area contributed by atoms with Crippen LogP contribution in [-0.4, -0.2) is 30.6 Å². The Morgan fingerprint density at radius 3 is 2.77 bits per heavy atom. The molecule has 2 nitrogen and oxygen atoms in total. The van der Waals surface area contributed by atoms with Gasteiger partial charge in [-0.15, -0.1) is 0 Å². The Labute approximate surface area is 80.8 Å². The number of nitrogens with two attached hydrogens (primary N) is 1. The third kappa shape index (κ3) is 2.55. The molecule has 0 radical (unpaired) electrons. The number of hydrogen-bond acceptors (Lipinski definition) is 2. The molecular formula is C11H20N2. The van der Waals surface area contributed by atoms with Gasteiger partial charge in [-0.2, -0.15) is 0 Å². The summed E-state index contributed by atoms with van der Waals surface area (Å²) >= 11 is 0. The molecule has 1 aliphatic carbocycles. The van der Waals surface area contributed by atoms with Crippen molar-refractivity contribution in [2.45, 2.75) is 31.7 Å². The second-order valence-electron chi connectivity index (χ2n) is 4.47. The fourth-order valence-electron chi connectivity index (χ4n) is 2.44. The molecular weight excluding hydrogens is 160 g/mol. The topological polar surface area (TPSA) is 29.3 Å². The van der Waals surface area contributed by atoms with Gasteiger partial charge >= 0.3 is 0 Å². The van der Waals surface area contributed by atoms with Crippen molar-refractivity contribution in [1.29, 1.82) is 0 Å². The molecule has 0 aromatic carbocycles. The minimum atomic E-state index is 0.433. The van der Waals surface area contributed by atoms with E-state index in [9.17, 15) is 0 Å². The molecule has 0 spiro atoms. The van der Waals surface area contributed by atoms with Crippen LogP contribution in [0.25, 0.3) is 0 Å². The van der Waals surface area contributed by atoms with Gasteiger partial charge in [0.25, 0.3) is 0 Å². The third-order valence-electron chi connectivity index (χ3n) is 3.16. The molecule has 2 rings (SSSR count). The standard InChI is InChI=1S/C11H20N2/c12-11-6-3-7-13(9-11)8-10-4-1-2-5-10/h1-2,10-11H,3-9,12H2. The van der Waals surface area contributed by atoms with Gasteiger partial charge < -0.3 is 10.6 Å². The van der Waals surface area contributed by atoms with Crippen LogP contribution in [-0.2, 0) is 0 Å². The normalized spacial score (nSPS) is 31.3. The summed E-state index contributed by atoms with van der Waals surface area (Å²) in [5.41, 5.74) is 5.94. The Morgan fingerprint density at radius 1 is 1.31 bits per heavy atom. The van der Waals surface area contributed by atoms with E-state index < -0.39 is 0 Å². The van der Waals surface area contributed by atoms with Crippen LogP contribution >= 0.6 is 0 Å². The molecule has 1 saturated heterocycles. The molecule has 74 valence electrons. The van der Waals surface area contributed by atoms with E-state index in [1.807, 2.05) is 0 Å². The Balaban J connectivity index is 1.74. The lowest BCUT2D eigenvalue weighted by Gasteiger charge is -2.32. The number of likely N-dealkylation sites (tertiary alicyclic amines) is 1. The summed E-state index contributed by atoms with van der Waals surface area (Å²) in [5, 5.41) is 0. The van der Waals surface area contributed by atoms with E-state index in [-0.39, 0.29) is 0 Å². The maximum atomic E-state index is 5.94. The van der Waals surface area contributed by atoms with Crippen molar-refractivity contribution in [3.8, 4) is 0 Å². The molecule has 0 aromatic heterocycles. The summed E-state index contributed by atoms with van der Waals surface area (Å²) < 4.78 is 0. The molecule has 0 aromatic rings. The highest BCUT2D eigenvalue weighted by Crippen LogP contribution is 2.20. The van der Waals surface area contributed by atoms with E-state index in [2.05, 4.69) is 17.1 Å². The van der Waals surface area contributed by atoms with Crippen LogP contribution in [0.3, 0.4) is 0 Å². The predicted octanol–water partition coefficient (Wildman–Crippen LogP) is 1.38. The quantitative estimate of drug-likeness (QED) is 0.650.